The van der Waals surface area contributed by atoms with E-state index in [0.717, 1.165) is 29.2 Å². The number of piperazine rings is 1. The van der Waals surface area contributed by atoms with E-state index in [4.69, 9.17) is 4.74 Å². The molecule has 0 radical (unpaired) electrons. The summed E-state index contributed by atoms with van der Waals surface area (Å²) in [5.74, 6) is 0.489. The van der Waals surface area contributed by atoms with Crippen LogP contribution in [0.3, 0.4) is 0 Å². The lowest BCUT2D eigenvalue weighted by Crippen LogP contribution is -2.54. The minimum atomic E-state index is -3.74. The first kappa shape index (κ1) is 21.7. The Bertz CT molecular complexity index is 1140. The number of nitrogens with one attached hydrogen (secondary N) is 2. The van der Waals surface area contributed by atoms with Crippen molar-refractivity contribution in [3.8, 4) is 16.2 Å². The lowest BCUT2D eigenvalue weighted by atomic mass is 10.1. The second kappa shape index (κ2) is 8.90. The standard InChI is InChI=1S/C23H27N3O3S2/c1-16-14-26(15-17(2)24-16)19-9-10-21(29-3)20(13-19)25-31(27,28)23-12-11-22(30-23)18-7-5-4-6-8-18/h4-13,16-17,24-25H,14-15H2,1-3H3. The number of thiophene rings is 1. The number of methoxy groups -OCH3 is 1. The van der Waals surface area contributed by atoms with Crippen molar-refractivity contribution in [2.24, 2.45) is 0 Å². The van der Waals surface area contributed by atoms with E-state index in [1.807, 2.05) is 54.6 Å². The van der Waals surface area contributed by atoms with E-state index in [0.29, 0.717) is 23.5 Å². The third-order valence-corrected chi connectivity index (χ3v) is 8.25. The van der Waals surface area contributed by atoms with Crippen molar-refractivity contribution in [3.05, 3.63) is 60.7 Å². The molecule has 0 bridgehead atoms. The average molecular weight is 458 g/mol. The quantitative estimate of drug-likeness (QED) is 0.574. The predicted molar refractivity (Wildman–Crippen MR) is 128 cm³/mol. The topological polar surface area (TPSA) is 70.7 Å². The van der Waals surface area contributed by atoms with Crippen LogP contribution in [0.5, 0.6) is 5.75 Å². The molecular weight excluding hydrogens is 430 g/mol. The zero-order valence-corrected chi connectivity index (χ0v) is 19.5. The van der Waals surface area contributed by atoms with Crippen LogP contribution in [0.2, 0.25) is 0 Å². The van der Waals surface area contributed by atoms with Crippen LogP contribution in [0.4, 0.5) is 11.4 Å². The number of ether oxygens (including phenoxy) is 1. The molecule has 1 aliphatic rings. The van der Waals surface area contributed by atoms with Crippen molar-refractivity contribution >= 4 is 32.7 Å². The highest BCUT2D eigenvalue weighted by Crippen LogP contribution is 2.35. The van der Waals surface area contributed by atoms with Gasteiger partial charge in [0.15, 0.2) is 0 Å². The molecule has 0 aliphatic carbocycles. The van der Waals surface area contributed by atoms with Gasteiger partial charge in [0.1, 0.15) is 9.96 Å². The predicted octanol–water partition coefficient (Wildman–Crippen LogP) is 4.41. The molecule has 4 rings (SSSR count). The summed E-state index contributed by atoms with van der Waals surface area (Å²) in [4.78, 5) is 3.17. The average Bonchev–Trinajstić information content (AvgIpc) is 3.25. The fraction of sp³-hybridized carbons (Fsp3) is 0.304. The Hall–Kier alpha value is -2.55. The number of hydrogen-bond donors (Lipinski definition) is 2. The maximum atomic E-state index is 13.1. The first-order chi connectivity index (χ1) is 14.9. The largest absolute Gasteiger partial charge is 0.495 e. The van der Waals surface area contributed by atoms with Gasteiger partial charge < -0.3 is 15.0 Å². The fourth-order valence-corrected chi connectivity index (χ4v) is 6.30. The molecule has 2 unspecified atom stereocenters. The van der Waals surface area contributed by atoms with Gasteiger partial charge in [-0.25, -0.2) is 8.42 Å². The molecule has 2 N–H and O–H groups in total. The van der Waals surface area contributed by atoms with Crippen molar-refractivity contribution in [1.29, 1.82) is 0 Å². The van der Waals surface area contributed by atoms with Crippen LogP contribution in [0.1, 0.15) is 13.8 Å². The number of nitrogens with zero attached hydrogens (tertiary/aromatic N) is 1. The van der Waals surface area contributed by atoms with Crippen LogP contribution in [-0.4, -0.2) is 40.7 Å². The molecule has 1 fully saturated rings. The molecule has 8 heteroatoms. The van der Waals surface area contributed by atoms with E-state index in [-0.39, 0.29) is 4.21 Å². The zero-order chi connectivity index (χ0) is 22.0. The molecule has 0 saturated carbocycles. The van der Waals surface area contributed by atoms with Gasteiger partial charge in [-0.2, -0.15) is 0 Å². The molecular formula is C23H27N3O3S2. The van der Waals surface area contributed by atoms with Gasteiger partial charge in [0.05, 0.1) is 12.8 Å². The second-order valence-electron chi connectivity index (χ2n) is 7.85. The van der Waals surface area contributed by atoms with E-state index in [1.54, 1.807) is 13.2 Å². The summed E-state index contributed by atoms with van der Waals surface area (Å²) in [6.07, 6.45) is 0. The molecule has 31 heavy (non-hydrogen) atoms. The van der Waals surface area contributed by atoms with Crippen LogP contribution in [-0.2, 0) is 10.0 Å². The summed E-state index contributed by atoms with van der Waals surface area (Å²) in [5, 5.41) is 3.52. The number of benzene rings is 2. The first-order valence-electron chi connectivity index (χ1n) is 10.2. The van der Waals surface area contributed by atoms with Crippen LogP contribution in [0.15, 0.2) is 64.9 Å². The Balaban J connectivity index is 1.61. The van der Waals surface area contributed by atoms with E-state index in [9.17, 15) is 8.42 Å². The van der Waals surface area contributed by atoms with Gasteiger partial charge in [-0.05, 0) is 49.7 Å². The van der Waals surface area contributed by atoms with Crippen LogP contribution in [0, 0.1) is 0 Å². The number of rotatable bonds is 6. The van der Waals surface area contributed by atoms with Crippen molar-refractivity contribution in [2.75, 3.05) is 29.8 Å². The molecule has 1 saturated heterocycles. The minimum absolute atomic E-state index is 0.267. The molecule has 1 aliphatic heterocycles. The van der Waals surface area contributed by atoms with Gasteiger partial charge in [-0.3, -0.25) is 4.72 Å². The van der Waals surface area contributed by atoms with Gasteiger partial charge >= 0.3 is 0 Å². The van der Waals surface area contributed by atoms with Gasteiger partial charge in [0.2, 0.25) is 0 Å². The second-order valence-corrected chi connectivity index (χ2v) is 10.8. The summed E-state index contributed by atoms with van der Waals surface area (Å²) in [6.45, 7) is 6.01. The SMILES string of the molecule is COc1ccc(N2CC(C)NC(C)C2)cc1NS(=O)(=O)c1ccc(-c2ccccc2)s1. The Kier molecular flexibility index (Phi) is 6.22. The summed E-state index contributed by atoms with van der Waals surface area (Å²) in [5.41, 5.74) is 2.40. The fourth-order valence-electron chi connectivity index (χ4n) is 3.93. The maximum absolute atomic E-state index is 13.1. The molecule has 2 atom stereocenters. The molecule has 2 aromatic carbocycles. The molecule has 3 aromatic rings. The monoisotopic (exact) mass is 457 g/mol. The van der Waals surface area contributed by atoms with E-state index < -0.39 is 10.0 Å². The normalized spacial score (nSPS) is 19.3. The molecule has 2 heterocycles. The third-order valence-electron chi connectivity index (χ3n) is 5.25. The third kappa shape index (κ3) is 4.87. The van der Waals surface area contributed by atoms with Gasteiger partial charge in [0.25, 0.3) is 10.0 Å². The molecule has 164 valence electrons. The molecule has 0 amide bonds. The summed E-state index contributed by atoms with van der Waals surface area (Å²) in [6, 6.07) is 19.6. The lowest BCUT2D eigenvalue weighted by molar-refractivity contribution is 0.406. The van der Waals surface area contributed by atoms with Crippen LogP contribution >= 0.6 is 11.3 Å². The highest BCUT2D eigenvalue weighted by atomic mass is 32.2. The Morgan fingerprint density at radius 3 is 2.42 bits per heavy atom. The Morgan fingerprint density at radius 1 is 1.03 bits per heavy atom. The summed E-state index contributed by atoms with van der Waals surface area (Å²) in [7, 11) is -2.20. The zero-order valence-electron chi connectivity index (χ0n) is 17.8. The summed E-state index contributed by atoms with van der Waals surface area (Å²) < 4.78 is 34.7. The number of hydrogen-bond acceptors (Lipinski definition) is 6. The van der Waals surface area contributed by atoms with E-state index in [2.05, 4.69) is 28.8 Å². The van der Waals surface area contributed by atoms with E-state index in [1.165, 1.54) is 11.3 Å². The van der Waals surface area contributed by atoms with Gasteiger partial charge in [-0.1, -0.05) is 30.3 Å². The Labute approximate surface area is 187 Å². The van der Waals surface area contributed by atoms with Crippen molar-refractivity contribution in [1.82, 2.24) is 5.32 Å². The smallest absolute Gasteiger partial charge is 0.271 e. The molecule has 6 nitrogen and oxygen atoms in total. The first-order valence-corrected chi connectivity index (χ1v) is 12.5. The van der Waals surface area contributed by atoms with E-state index >= 15 is 0 Å². The summed E-state index contributed by atoms with van der Waals surface area (Å²) >= 11 is 1.25. The van der Waals surface area contributed by atoms with Crippen LogP contribution in [0.25, 0.3) is 10.4 Å². The van der Waals surface area contributed by atoms with Crippen molar-refractivity contribution in [3.63, 3.8) is 0 Å². The molecule has 1 aromatic heterocycles. The number of sulfonamides is 1. The minimum Gasteiger partial charge on any atom is -0.495 e. The highest BCUT2D eigenvalue weighted by molar-refractivity contribution is 7.94. The van der Waals surface area contributed by atoms with Gasteiger partial charge in [-0.15, -0.1) is 11.3 Å². The maximum Gasteiger partial charge on any atom is 0.271 e. The number of anilines is 2. The van der Waals surface area contributed by atoms with Crippen molar-refractivity contribution < 1.29 is 13.2 Å². The van der Waals surface area contributed by atoms with Crippen LogP contribution < -0.4 is 19.7 Å². The lowest BCUT2D eigenvalue weighted by Gasteiger charge is -2.38. The van der Waals surface area contributed by atoms with Gasteiger partial charge in [0, 0.05) is 35.7 Å². The molecule has 0 spiro atoms. The highest BCUT2D eigenvalue weighted by Gasteiger charge is 2.24. The Morgan fingerprint density at radius 2 is 1.74 bits per heavy atom. The van der Waals surface area contributed by atoms with Crippen molar-refractivity contribution in [2.45, 2.75) is 30.1 Å².